The molecule has 1 amide bonds. The molecule has 2 atom stereocenters. The van der Waals surface area contributed by atoms with Crippen LogP contribution in [0.4, 0.5) is 5.82 Å². The van der Waals surface area contributed by atoms with Crippen molar-refractivity contribution in [2.24, 2.45) is 7.05 Å². The molecule has 7 heteroatoms. The number of hydrogen-bond donors (Lipinski definition) is 3. The fourth-order valence-corrected chi connectivity index (χ4v) is 3.86. The molecule has 1 saturated heterocycles. The van der Waals surface area contributed by atoms with E-state index in [4.69, 9.17) is 0 Å². The van der Waals surface area contributed by atoms with Crippen LogP contribution in [0.3, 0.4) is 0 Å². The van der Waals surface area contributed by atoms with Crippen molar-refractivity contribution in [3.05, 3.63) is 70.3 Å². The van der Waals surface area contributed by atoms with Crippen LogP contribution < -0.4 is 16.2 Å². The zero-order valence-electron chi connectivity index (χ0n) is 15.7. The minimum atomic E-state index is -0.321. The molecule has 0 spiro atoms. The normalized spacial score (nSPS) is 19.0. The number of aromatic nitrogens is 2. The number of nitrogens with zero attached hydrogens (tertiary/aromatic N) is 2. The molecule has 3 N–H and O–H groups in total. The average molecular weight is 440 g/mol. The Morgan fingerprint density at radius 1 is 1.14 bits per heavy atom. The maximum atomic E-state index is 12.9. The molecule has 2 unspecified atom stereocenters. The summed E-state index contributed by atoms with van der Waals surface area (Å²) in [5, 5.41) is 7.58. The highest BCUT2D eigenvalue weighted by molar-refractivity contribution is 9.10. The van der Waals surface area contributed by atoms with Gasteiger partial charge in [-0.15, -0.1) is 0 Å². The second-order valence-corrected chi connectivity index (χ2v) is 7.88. The molecule has 0 radical (unpaired) electrons. The minimum Gasteiger partial charge on any atom is -0.309 e. The van der Waals surface area contributed by atoms with Gasteiger partial charge in [0.15, 0.2) is 0 Å². The molecule has 1 fully saturated rings. The van der Waals surface area contributed by atoms with Gasteiger partial charge >= 0.3 is 0 Å². The lowest BCUT2D eigenvalue weighted by Crippen LogP contribution is -2.40. The van der Waals surface area contributed by atoms with Gasteiger partial charge < -0.3 is 5.32 Å². The molecular weight excluding hydrogens is 418 g/mol. The number of aryl methyl sites for hydroxylation is 2. The summed E-state index contributed by atoms with van der Waals surface area (Å²) in [5.41, 5.74) is 10.3. The maximum Gasteiger partial charge on any atom is 0.244 e. The summed E-state index contributed by atoms with van der Waals surface area (Å²) < 4.78 is 2.73. The number of carbonyl (C=O) groups excluding carboxylic acids is 1. The Labute approximate surface area is 172 Å². The zero-order chi connectivity index (χ0) is 19.7. The van der Waals surface area contributed by atoms with E-state index in [0.717, 1.165) is 26.9 Å². The molecule has 1 aliphatic heterocycles. The number of hydrogen-bond acceptors (Lipinski definition) is 4. The second-order valence-electron chi connectivity index (χ2n) is 6.97. The number of benzene rings is 2. The van der Waals surface area contributed by atoms with E-state index in [0.29, 0.717) is 12.2 Å². The topological polar surface area (TPSA) is 71.0 Å². The quantitative estimate of drug-likeness (QED) is 0.579. The number of nitrogens with one attached hydrogen (secondary N) is 3. The summed E-state index contributed by atoms with van der Waals surface area (Å²) in [6, 6.07) is 17.9. The lowest BCUT2D eigenvalue weighted by Gasteiger charge is -2.13. The summed E-state index contributed by atoms with van der Waals surface area (Å²) in [5.74, 6) is 0.627. The molecule has 6 nitrogen and oxygen atoms in total. The van der Waals surface area contributed by atoms with Crippen molar-refractivity contribution in [3.63, 3.8) is 0 Å². The molecule has 3 aromatic rings. The van der Waals surface area contributed by atoms with Gasteiger partial charge in [0.05, 0.1) is 5.69 Å². The summed E-state index contributed by atoms with van der Waals surface area (Å²) >= 11 is 3.46. The molecule has 0 bridgehead atoms. The number of amides is 1. The fourth-order valence-electron chi connectivity index (χ4n) is 3.60. The molecule has 2 heterocycles. The first-order valence-electron chi connectivity index (χ1n) is 9.19. The van der Waals surface area contributed by atoms with Gasteiger partial charge in [-0.05, 0) is 36.6 Å². The minimum absolute atomic E-state index is 0.0766. The molecule has 2 aromatic carbocycles. The zero-order valence-corrected chi connectivity index (χ0v) is 17.3. The highest BCUT2D eigenvalue weighted by Gasteiger charge is 2.31. The smallest absolute Gasteiger partial charge is 0.244 e. The lowest BCUT2D eigenvalue weighted by molar-refractivity contribution is -0.117. The summed E-state index contributed by atoms with van der Waals surface area (Å²) in [4.78, 5) is 12.9. The average Bonchev–Trinajstić information content (AvgIpc) is 3.29. The van der Waals surface area contributed by atoms with Crippen LogP contribution in [-0.4, -0.2) is 21.7 Å². The Balaban J connectivity index is 1.53. The van der Waals surface area contributed by atoms with Gasteiger partial charge in [0.25, 0.3) is 0 Å². The Hall–Kier alpha value is -2.48. The highest BCUT2D eigenvalue weighted by Crippen LogP contribution is 2.32. The number of carbonyl (C=O) groups is 1. The standard InChI is InChI=1S/C21H22BrN5O/c1-13-19(15-8-10-16(22)11-9-15)20(27(2)26-13)23-21(28)18-12-17(24-25-18)14-6-4-3-5-7-14/h3-11,17-18,24-25H,12H2,1-2H3,(H,23,28). The Morgan fingerprint density at radius 3 is 2.57 bits per heavy atom. The van der Waals surface area contributed by atoms with Crippen molar-refractivity contribution in [1.29, 1.82) is 0 Å². The lowest BCUT2D eigenvalue weighted by atomic mass is 10.0. The summed E-state index contributed by atoms with van der Waals surface area (Å²) in [6.45, 7) is 1.95. The molecule has 1 aromatic heterocycles. The summed E-state index contributed by atoms with van der Waals surface area (Å²) in [7, 11) is 1.85. The number of hydrazine groups is 1. The van der Waals surface area contributed by atoms with E-state index in [-0.39, 0.29) is 18.0 Å². The first-order valence-corrected chi connectivity index (χ1v) is 9.98. The Morgan fingerprint density at radius 2 is 1.86 bits per heavy atom. The van der Waals surface area contributed by atoms with Crippen molar-refractivity contribution >= 4 is 27.7 Å². The van der Waals surface area contributed by atoms with E-state index in [2.05, 4.69) is 49.3 Å². The van der Waals surface area contributed by atoms with Crippen LogP contribution in [0.2, 0.25) is 0 Å². The number of rotatable bonds is 4. The van der Waals surface area contributed by atoms with E-state index < -0.39 is 0 Å². The number of halogens is 1. The van der Waals surface area contributed by atoms with Gasteiger partial charge in [-0.3, -0.25) is 9.48 Å². The van der Waals surface area contributed by atoms with Crippen LogP contribution in [0.15, 0.2) is 59.1 Å². The third-order valence-corrected chi connectivity index (χ3v) is 5.55. The first-order chi connectivity index (χ1) is 13.5. The van der Waals surface area contributed by atoms with Crippen molar-refractivity contribution < 1.29 is 4.79 Å². The Kier molecular flexibility index (Phi) is 5.30. The van der Waals surface area contributed by atoms with Crippen molar-refractivity contribution in [2.45, 2.75) is 25.4 Å². The van der Waals surface area contributed by atoms with Crippen LogP contribution in [0.25, 0.3) is 11.1 Å². The van der Waals surface area contributed by atoms with Crippen LogP contribution in [0.1, 0.15) is 23.7 Å². The first kappa shape index (κ1) is 18.9. The highest BCUT2D eigenvalue weighted by atomic mass is 79.9. The van der Waals surface area contributed by atoms with Crippen molar-refractivity contribution in [1.82, 2.24) is 20.6 Å². The second kappa shape index (κ2) is 7.87. The molecule has 144 valence electrons. The predicted octanol–water partition coefficient (Wildman–Crippen LogP) is 3.70. The molecular formula is C21H22BrN5O. The largest absolute Gasteiger partial charge is 0.309 e. The third-order valence-electron chi connectivity index (χ3n) is 5.02. The van der Waals surface area contributed by atoms with E-state index in [1.54, 1.807) is 4.68 Å². The molecule has 28 heavy (non-hydrogen) atoms. The molecule has 4 rings (SSSR count). The van der Waals surface area contributed by atoms with Gasteiger partial charge in [-0.1, -0.05) is 58.4 Å². The SMILES string of the molecule is Cc1nn(C)c(NC(=O)C2CC(c3ccccc3)NN2)c1-c1ccc(Br)cc1. The van der Waals surface area contributed by atoms with E-state index in [9.17, 15) is 4.79 Å². The van der Waals surface area contributed by atoms with Crippen LogP contribution >= 0.6 is 15.9 Å². The predicted molar refractivity (Wildman–Crippen MR) is 114 cm³/mol. The molecule has 1 aliphatic rings. The van der Waals surface area contributed by atoms with E-state index in [1.165, 1.54) is 0 Å². The maximum absolute atomic E-state index is 12.9. The van der Waals surface area contributed by atoms with Crippen LogP contribution in [-0.2, 0) is 11.8 Å². The monoisotopic (exact) mass is 439 g/mol. The van der Waals surface area contributed by atoms with Crippen molar-refractivity contribution in [2.75, 3.05) is 5.32 Å². The molecule has 0 saturated carbocycles. The van der Waals surface area contributed by atoms with Crippen LogP contribution in [0, 0.1) is 6.92 Å². The van der Waals surface area contributed by atoms with E-state index >= 15 is 0 Å². The van der Waals surface area contributed by atoms with Gasteiger partial charge in [0.1, 0.15) is 11.9 Å². The van der Waals surface area contributed by atoms with Crippen molar-refractivity contribution in [3.8, 4) is 11.1 Å². The molecule has 0 aliphatic carbocycles. The summed E-state index contributed by atoms with van der Waals surface area (Å²) in [6.07, 6.45) is 0.681. The van der Waals surface area contributed by atoms with E-state index in [1.807, 2.05) is 56.4 Å². The number of anilines is 1. The Bertz CT molecular complexity index is 984. The van der Waals surface area contributed by atoms with Gasteiger partial charge in [-0.2, -0.15) is 5.10 Å². The van der Waals surface area contributed by atoms with Gasteiger partial charge in [-0.25, -0.2) is 10.9 Å². The third kappa shape index (κ3) is 3.73. The fraction of sp³-hybridized carbons (Fsp3) is 0.238. The van der Waals surface area contributed by atoms with Gasteiger partial charge in [0.2, 0.25) is 5.91 Å². The van der Waals surface area contributed by atoms with Gasteiger partial charge in [0, 0.05) is 23.1 Å². The van der Waals surface area contributed by atoms with Crippen LogP contribution in [0.5, 0.6) is 0 Å².